The van der Waals surface area contributed by atoms with Gasteiger partial charge >= 0.3 is 5.97 Å². The summed E-state index contributed by atoms with van der Waals surface area (Å²) in [6.07, 6.45) is 2.75. The minimum Gasteiger partial charge on any atom is -0.478 e. The maximum Gasteiger partial charge on any atom is 0.336 e. The van der Waals surface area contributed by atoms with Crippen LogP contribution in [0.25, 0.3) is 10.6 Å². The Morgan fingerprint density at radius 3 is 2.84 bits per heavy atom. The summed E-state index contributed by atoms with van der Waals surface area (Å²) in [7, 11) is 0. The molecule has 0 radical (unpaired) electrons. The fourth-order valence-corrected chi connectivity index (χ4v) is 2.57. The molecule has 0 amide bonds. The quantitative estimate of drug-likeness (QED) is 0.875. The molecular formula is C14H16N2O2S. The summed E-state index contributed by atoms with van der Waals surface area (Å²) in [5.74, 6) is -0.928. The molecule has 100 valence electrons. The Kier molecular flexibility index (Phi) is 4.16. The number of anilines is 1. The number of nitrogens with zero attached hydrogens (tertiary/aromatic N) is 1. The van der Waals surface area contributed by atoms with Crippen molar-refractivity contribution < 1.29 is 9.90 Å². The van der Waals surface area contributed by atoms with Gasteiger partial charge in [-0.1, -0.05) is 6.92 Å². The van der Waals surface area contributed by atoms with Crippen molar-refractivity contribution in [3.05, 3.63) is 34.8 Å². The first-order chi connectivity index (χ1) is 9.11. The summed E-state index contributed by atoms with van der Waals surface area (Å²) < 4.78 is 0. The number of carboxylic acids is 1. The molecule has 0 spiro atoms. The average molecular weight is 276 g/mol. The Morgan fingerprint density at radius 1 is 1.47 bits per heavy atom. The van der Waals surface area contributed by atoms with E-state index in [1.165, 1.54) is 11.3 Å². The fraction of sp³-hybridized carbons (Fsp3) is 0.286. The molecule has 2 rings (SSSR count). The molecule has 0 aliphatic heterocycles. The Morgan fingerprint density at radius 2 is 2.26 bits per heavy atom. The third kappa shape index (κ3) is 3.12. The zero-order chi connectivity index (χ0) is 13.8. The van der Waals surface area contributed by atoms with Crippen LogP contribution in [0.5, 0.6) is 0 Å². The zero-order valence-corrected chi connectivity index (χ0v) is 11.8. The number of benzene rings is 1. The molecule has 0 aliphatic carbocycles. The van der Waals surface area contributed by atoms with Crippen molar-refractivity contribution >= 4 is 23.0 Å². The first kappa shape index (κ1) is 13.5. The topological polar surface area (TPSA) is 62.2 Å². The van der Waals surface area contributed by atoms with Gasteiger partial charge in [0.05, 0.1) is 5.56 Å². The summed E-state index contributed by atoms with van der Waals surface area (Å²) in [5.41, 5.74) is 1.79. The first-order valence-electron chi connectivity index (χ1n) is 6.16. The van der Waals surface area contributed by atoms with Crippen molar-refractivity contribution in [2.75, 3.05) is 11.9 Å². The van der Waals surface area contributed by atoms with Gasteiger partial charge in [-0.05, 0) is 31.5 Å². The lowest BCUT2D eigenvalue weighted by atomic mass is 10.1. The van der Waals surface area contributed by atoms with Crippen molar-refractivity contribution in [2.45, 2.75) is 20.3 Å². The van der Waals surface area contributed by atoms with Gasteiger partial charge in [0.15, 0.2) is 0 Å². The summed E-state index contributed by atoms with van der Waals surface area (Å²) in [6.45, 7) is 4.85. The lowest BCUT2D eigenvalue weighted by Gasteiger charge is -2.08. The maximum absolute atomic E-state index is 11.4. The van der Waals surface area contributed by atoms with Crippen molar-refractivity contribution in [3.63, 3.8) is 0 Å². The molecule has 2 N–H and O–H groups in total. The predicted octanol–water partition coefficient (Wildman–Crippen LogP) is 3.64. The number of nitrogens with one attached hydrogen (secondary N) is 1. The van der Waals surface area contributed by atoms with E-state index in [4.69, 9.17) is 0 Å². The molecule has 1 aromatic carbocycles. The summed E-state index contributed by atoms with van der Waals surface area (Å²) >= 11 is 1.50. The number of aromatic nitrogens is 1. The van der Waals surface area contributed by atoms with E-state index >= 15 is 0 Å². The number of hydrogen-bond acceptors (Lipinski definition) is 4. The molecule has 0 saturated carbocycles. The highest BCUT2D eigenvalue weighted by Crippen LogP contribution is 2.29. The van der Waals surface area contributed by atoms with Gasteiger partial charge in [0.2, 0.25) is 0 Å². The van der Waals surface area contributed by atoms with E-state index in [0.717, 1.165) is 28.5 Å². The third-order valence-electron chi connectivity index (χ3n) is 2.68. The Labute approximate surface area is 116 Å². The molecule has 1 heterocycles. The van der Waals surface area contributed by atoms with Gasteiger partial charge in [0.25, 0.3) is 0 Å². The number of carbonyl (C=O) groups is 1. The standard InChI is InChI=1S/C14H16N2O2S/c1-3-6-15-10-4-5-11(12(7-10)14(17)18)13-16-8-9(2)19-13/h4-5,7-8,15H,3,6H2,1-2H3,(H,17,18). The van der Waals surface area contributed by atoms with Crippen molar-refractivity contribution in [1.82, 2.24) is 4.98 Å². The van der Waals surface area contributed by atoms with E-state index in [9.17, 15) is 9.90 Å². The molecule has 0 bridgehead atoms. The van der Waals surface area contributed by atoms with Crippen LogP contribution in [-0.4, -0.2) is 22.6 Å². The molecule has 5 heteroatoms. The molecular weight excluding hydrogens is 260 g/mol. The highest BCUT2D eigenvalue weighted by molar-refractivity contribution is 7.15. The van der Waals surface area contributed by atoms with Gasteiger partial charge in [0.1, 0.15) is 5.01 Å². The van der Waals surface area contributed by atoms with E-state index in [-0.39, 0.29) is 5.56 Å². The summed E-state index contributed by atoms with van der Waals surface area (Å²) in [6, 6.07) is 5.39. The summed E-state index contributed by atoms with van der Waals surface area (Å²) in [5, 5.41) is 13.3. The molecule has 0 fully saturated rings. The van der Waals surface area contributed by atoms with Gasteiger partial charge < -0.3 is 10.4 Å². The molecule has 0 unspecified atom stereocenters. The van der Waals surface area contributed by atoms with Crippen LogP contribution in [0.15, 0.2) is 24.4 Å². The van der Waals surface area contributed by atoms with Crippen molar-refractivity contribution in [1.29, 1.82) is 0 Å². The Balaban J connectivity index is 2.41. The van der Waals surface area contributed by atoms with E-state index in [1.54, 1.807) is 12.3 Å². The van der Waals surface area contributed by atoms with Gasteiger partial charge in [-0.2, -0.15) is 0 Å². The van der Waals surface area contributed by atoms with Crippen LogP contribution in [0.4, 0.5) is 5.69 Å². The number of thiazole rings is 1. The van der Waals surface area contributed by atoms with E-state index in [2.05, 4.69) is 17.2 Å². The van der Waals surface area contributed by atoms with Crippen LogP contribution in [0.2, 0.25) is 0 Å². The lowest BCUT2D eigenvalue weighted by Crippen LogP contribution is -2.04. The van der Waals surface area contributed by atoms with Crippen LogP contribution in [0.1, 0.15) is 28.6 Å². The van der Waals surface area contributed by atoms with Crippen LogP contribution >= 0.6 is 11.3 Å². The second kappa shape index (κ2) is 5.84. The monoisotopic (exact) mass is 276 g/mol. The van der Waals surface area contributed by atoms with Crippen LogP contribution < -0.4 is 5.32 Å². The maximum atomic E-state index is 11.4. The molecule has 0 aliphatic rings. The van der Waals surface area contributed by atoms with Crippen LogP contribution in [0, 0.1) is 6.92 Å². The molecule has 1 aromatic heterocycles. The third-order valence-corrected chi connectivity index (χ3v) is 3.63. The minimum atomic E-state index is -0.928. The lowest BCUT2D eigenvalue weighted by molar-refractivity contribution is 0.0698. The highest BCUT2D eigenvalue weighted by Gasteiger charge is 2.14. The average Bonchev–Trinajstić information content (AvgIpc) is 2.82. The molecule has 4 nitrogen and oxygen atoms in total. The molecule has 0 saturated heterocycles. The Hall–Kier alpha value is -1.88. The summed E-state index contributed by atoms with van der Waals surface area (Å²) in [4.78, 5) is 16.7. The Bertz CT molecular complexity index is 593. The normalized spacial score (nSPS) is 10.4. The second-order valence-electron chi connectivity index (χ2n) is 4.27. The predicted molar refractivity (Wildman–Crippen MR) is 78.0 cm³/mol. The van der Waals surface area contributed by atoms with Crippen molar-refractivity contribution in [3.8, 4) is 10.6 Å². The fourth-order valence-electron chi connectivity index (χ4n) is 1.77. The molecule has 19 heavy (non-hydrogen) atoms. The second-order valence-corrected chi connectivity index (χ2v) is 5.50. The first-order valence-corrected chi connectivity index (χ1v) is 6.97. The van der Waals surface area contributed by atoms with Crippen LogP contribution in [-0.2, 0) is 0 Å². The smallest absolute Gasteiger partial charge is 0.336 e. The number of carboxylic acid groups (broad SMARTS) is 1. The number of aromatic carboxylic acids is 1. The van der Waals surface area contributed by atoms with E-state index in [1.807, 2.05) is 19.1 Å². The molecule has 2 aromatic rings. The zero-order valence-electron chi connectivity index (χ0n) is 10.9. The minimum absolute atomic E-state index is 0.287. The van der Waals surface area contributed by atoms with Gasteiger partial charge in [-0.15, -0.1) is 11.3 Å². The number of aryl methyl sites for hydroxylation is 1. The van der Waals surface area contributed by atoms with Gasteiger partial charge in [0, 0.05) is 28.9 Å². The van der Waals surface area contributed by atoms with Gasteiger partial charge in [-0.25, -0.2) is 9.78 Å². The van der Waals surface area contributed by atoms with Crippen LogP contribution in [0.3, 0.4) is 0 Å². The van der Waals surface area contributed by atoms with E-state index < -0.39 is 5.97 Å². The molecule has 0 atom stereocenters. The van der Waals surface area contributed by atoms with E-state index in [0.29, 0.717) is 5.56 Å². The van der Waals surface area contributed by atoms with Gasteiger partial charge in [-0.3, -0.25) is 0 Å². The largest absolute Gasteiger partial charge is 0.478 e. The SMILES string of the molecule is CCCNc1ccc(-c2ncc(C)s2)c(C(=O)O)c1. The highest BCUT2D eigenvalue weighted by atomic mass is 32.1. The number of rotatable bonds is 5. The number of hydrogen-bond donors (Lipinski definition) is 2. The van der Waals surface area contributed by atoms with Crippen molar-refractivity contribution in [2.24, 2.45) is 0 Å².